The van der Waals surface area contributed by atoms with E-state index in [1.807, 2.05) is 17.8 Å². The summed E-state index contributed by atoms with van der Waals surface area (Å²) in [5.41, 5.74) is 0. The lowest BCUT2D eigenvalue weighted by molar-refractivity contribution is -0.146. The zero-order chi connectivity index (χ0) is 17.2. The minimum absolute atomic E-state index is 0. The van der Waals surface area contributed by atoms with Gasteiger partial charge in [0.15, 0.2) is 5.96 Å². The largest absolute Gasteiger partial charge is 0.469 e. The maximum absolute atomic E-state index is 11.6. The molecule has 0 bridgehead atoms. The Hall–Kier alpha value is -0.960. The van der Waals surface area contributed by atoms with Crippen LogP contribution < -0.4 is 5.32 Å². The van der Waals surface area contributed by atoms with Gasteiger partial charge in [-0.05, 0) is 31.9 Å². The van der Waals surface area contributed by atoms with Crippen LogP contribution in [0.15, 0.2) is 40.2 Å². The second kappa shape index (κ2) is 12.4. The number of thioether (sulfide) groups is 1. The molecule has 140 valence electrons. The molecule has 1 aliphatic rings. The van der Waals surface area contributed by atoms with Gasteiger partial charge in [0, 0.05) is 30.3 Å². The molecule has 0 saturated carbocycles. The number of likely N-dealkylation sites (tertiary alicyclic amines) is 1. The van der Waals surface area contributed by atoms with Crippen molar-refractivity contribution in [3.05, 3.63) is 30.3 Å². The van der Waals surface area contributed by atoms with Crippen LogP contribution in [0, 0.1) is 5.92 Å². The van der Waals surface area contributed by atoms with Crippen LogP contribution >= 0.6 is 35.7 Å². The fourth-order valence-corrected chi connectivity index (χ4v) is 3.52. The van der Waals surface area contributed by atoms with E-state index in [1.165, 1.54) is 12.0 Å². The number of guanidine groups is 1. The monoisotopic (exact) mass is 477 g/mol. The molecule has 0 spiro atoms. The smallest absolute Gasteiger partial charge is 0.308 e. The van der Waals surface area contributed by atoms with Crippen molar-refractivity contribution in [2.75, 3.05) is 39.0 Å². The van der Waals surface area contributed by atoms with Gasteiger partial charge in [-0.3, -0.25) is 9.79 Å². The quantitative estimate of drug-likeness (QED) is 0.170. The Morgan fingerprint density at radius 2 is 2.00 bits per heavy atom. The standard InChI is InChI=1S/C18H27N3O2S.HI/c1-3-19-18(20-11-14-24-16-7-5-4-6-8-16)21-12-9-15(10-13-21)17(22)23-2;/h4-8,15H,3,9-14H2,1-2H3,(H,19,20);1H. The number of benzene rings is 1. The van der Waals surface area contributed by atoms with Crippen LogP contribution in [0.4, 0.5) is 0 Å². The molecule has 5 nitrogen and oxygen atoms in total. The summed E-state index contributed by atoms with van der Waals surface area (Å²) >= 11 is 1.82. The highest BCUT2D eigenvalue weighted by Gasteiger charge is 2.26. The molecule has 1 aliphatic heterocycles. The normalized spacial score (nSPS) is 15.4. The SMILES string of the molecule is CCNC(=NCCSc1ccccc1)N1CCC(C(=O)OC)CC1.I. The van der Waals surface area contributed by atoms with Gasteiger partial charge in [-0.25, -0.2) is 0 Å². The van der Waals surface area contributed by atoms with Crippen LogP contribution in [0.5, 0.6) is 0 Å². The molecular formula is C18H28IN3O2S. The number of nitrogens with zero attached hydrogens (tertiary/aromatic N) is 2. The third-order valence-corrected chi connectivity index (χ3v) is 5.02. The topological polar surface area (TPSA) is 53.9 Å². The minimum atomic E-state index is -0.0872. The lowest BCUT2D eigenvalue weighted by Gasteiger charge is -2.33. The molecular weight excluding hydrogens is 449 g/mol. The van der Waals surface area contributed by atoms with Crippen molar-refractivity contribution in [2.24, 2.45) is 10.9 Å². The molecule has 1 aromatic carbocycles. The number of hydrogen-bond donors (Lipinski definition) is 1. The Labute approximate surface area is 172 Å². The first-order valence-corrected chi connectivity index (χ1v) is 9.52. The Kier molecular flexibility index (Phi) is 11.0. The summed E-state index contributed by atoms with van der Waals surface area (Å²) in [4.78, 5) is 19.9. The first-order chi connectivity index (χ1) is 11.7. The summed E-state index contributed by atoms with van der Waals surface area (Å²) in [6.07, 6.45) is 1.66. The number of halogens is 1. The van der Waals surface area contributed by atoms with Gasteiger partial charge in [0.05, 0.1) is 19.6 Å². The van der Waals surface area contributed by atoms with Crippen LogP contribution in [0.3, 0.4) is 0 Å². The second-order valence-electron chi connectivity index (χ2n) is 5.68. The third kappa shape index (κ3) is 7.43. The van der Waals surface area contributed by atoms with E-state index in [-0.39, 0.29) is 35.9 Å². The Morgan fingerprint density at radius 1 is 1.32 bits per heavy atom. The highest BCUT2D eigenvalue weighted by atomic mass is 127. The molecule has 0 amide bonds. The predicted octanol–water partition coefficient (Wildman–Crippen LogP) is 3.25. The highest BCUT2D eigenvalue weighted by molar-refractivity contribution is 14.0. The number of rotatable bonds is 6. The predicted molar refractivity (Wildman–Crippen MR) is 115 cm³/mol. The molecule has 1 fully saturated rings. The van der Waals surface area contributed by atoms with Crippen molar-refractivity contribution in [2.45, 2.75) is 24.7 Å². The van der Waals surface area contributed by atoms with Crippen molar-refractivity contribution < 1.29 is 9.53 Å². The molecule has 1 heterocycles. The molecule has 0 unspecified atom stereocenters. The fraction of sp³-hybridized carbons (Fsp3) is 0.556. The summed E-state index contributed by atoms with van der Waals surface area (Å²) in [5, 5.41) is 3.36. The molecule has 1 N–H and O–H groups in total. The van der Waals surface area contributed by atoms with Crippen LogP contribution in [0.2, 0.25) is 0 Å². The number of esters is 1. The van der Waals surface area contributed by atoms with E-state index in [0.29, 0.717) is 0 Å². The van der Waals surface area contributed by atoms with Crippen molar-refractivity contribution >= 4 is 47.7 Å². The lowest BCUT2D eigenvalue weighted by atomic mass is 9.97. The first-order valence-electron chi connectivity index (χ1n) is 8.53. The first kappa shape index (κ1) is 22.1. The van der Waals surface area contributed by atoms with Gasteiger partial charge >= 0.3 is 5.97 Å². The third-order valence-electron chi connectivity index (χ3n) is 4.03. The van der Waals surface area contributed by atoms with Crippen molar-refractivity contribution in [3.63, 3.8) is 0 Å². The summed E-state index contributed by atoms with van der Waals surface area (Å²) in [6.45, 7) is 5.39. The number of piperidine rings is 1. The fourth-order valence-electron chi connectivity index (χ4n) is 2.75. The van der Waals surface area contributed by atoms with Gasteiger partial charge in [-0.1, -0.05) is 18.2 Å². The number of carbonyl (C=O) groups is 1. The van der Waals surface area contributed by atoms with E-state index in [0.717, 1.165) is 50.7 Å². The molecule has 0 atom stereocenters. The van der Waals surface area contributed by atoms with Crippen LogP contribution in [-0.2, 0) is 9.53 Å². The molecule has 2 rings (SSSR count). The van der Waals surface area contributed by atoms with Gasteiger partial charge in [-0.15, -0.1) is 35.7 Å². The molecule has 1 aromatic rings. The summed E-state index contributed by atoms with van der Waals surface area (Å²) < 4.78 is 4.85. The molecule has 0 aromatic heterocycles. The lowest BCUT2D eigenvalue weighted by Crippen LogP contribution is -2.46. The van der Waals surface area contributed by atoms with E-state index >= 15 is 0 Å². The van der Waals surface area contributed by atoms with Gasteiger partial charge in [0.2, 0.25) is 0 Å². The Bertz CT molecular complexity index is 534. The average molecular weight is 477 g/mol. The van der Waals surface area contributed by atoms with Crippen LogP contribution in [-0.4, -0.2) is 55.9 Å². The Balaban J connectivity index is 0.00000312. The van der Waals surface area contributed by atoms with Gasteiger partial charge in [0.25, 0.3) is 0 Å². The molecule has 0 radical (unpaired) electrons. The molecule has 25 heavy (non-hydrogen) atoms. The van der Waals surface area contributed by atoms with Crippen LogP contribution in [0.1, 0.15) is 19.8 Å². The zero-order valence-electron chi connectivity index (χ0n) is 14.9. The van der Waals surface area contributed by atoms with Gasteiger partial charge in [-0.2, -0.15) is 0 Å². The van der Waals surface area contributed by atoms with Crippen molar-refractivity contribution in [3.8, 4) is 0 Å². The van der Waals surface area contributed by atoms with Gasteiger partial charge in [0.1, 0.15) is 0 Å². The summed E-state index contributed by atoms with van der Waals surface area (Å²) in [5.74, 6) is 1.85. The number of carbonyl (C=O) groups excluding carboxylic acids is 1. The number of methoxy groups -OCH3 is 1. The van der Waals surface area contributed by atoms with Crippen molar-refractivity contribution in [1.29, 1.82) is 0 Å². The number of nitrogens with one attached hydrogen (secondary N) is 1. The van der Waals surface area contributed by atoms with E-state index in [4.69, 9.17) is 9.73 Å². The van der Waals surface area contributed by atoms with E-state index in [9.17, 15) is 4.79 Å². The number of hydrogen-bond acceptors (Lipinski definition) is 4. The maximum Gasteiger partial charge on any atom is 0.308 e. The molecule has 0 aliphatic carbocycles. The average Bonchev–Trinajstić information content (AvgIpc) is 2.64. The van der Waals surface area contributed by atoms with Crippen LogP contribution in [0.25, 0.3) is 0 Å². The number of aliphatic imine (C=N–C) groups is 1. The molecule has 1 saturated heterocycles. The maximum atomic E-state index is 11.6. The van der Waals surface area contributed by atoms with E-state index in [2.05, 4.69) is 41.4 Å². The second-order valence-corrected chi connectivity index (χ2v) is 6.85. The van der Waals surface area contributed by atoms with E-state index < -0.39 is 0 Å². The highest BCUT2D eigenvalue weighted by Crippen LogP contribution is 2.19. The molecule has 7 heteroatoms. The number of ether oxygens (including phenoxy) is 1. The van der Waals surface area contributed by atoms with Crippen molar-refractivity contribution in [1.82, 2.24) is 10.2 Å². The summed E-state index contributed by atoms with van der Waals surface area (Å²) in [6, 6.07) is 10.4. The van der Waals surface area contributed by atoms with Gasteiger partial charge < -0.3 is 15.0 Å². The zero-order valence-corrected chi connectivity index (χ0v) is 18.1. The van der Waals surface area contributed by atoms with E-state index in [1.54, 1.807) is 0 Å². The summed E-state index contributed by atoms with van der Waals surface area (Å²) in [7, 11) is 1.46. The minimum Gasteiger partial charge on any atom is -0.469 e. The Morgan fingerprint density at radius 3 is 2.60 bits per heavy atom.